The largest absolute Gasteiger partial charge is 0.486 e. The Morgan fingerprint density at radius 2 is 2.07 bits per heavy atom. The van der Waals surface area contributed by atoms with Crippen LogP contribution in [0.2, 0.25) is 0 Å². The lowest BCUT2D eigenvalue weighted by atomic mass is 10.2. The first kappa shape index (κ1) is 18.1. The van der Waals surface area contributed by atoms with Crippen molar-refractivity contribution in [1.29, 1.82) is 0 Å². The molecule has 0 bridgehead atoms. The predicted molar refractivity (Wildman–Crippen MR) is 102 cm³/mol. The van der Waals surface area contributed by atoms with Crippen LogP contribution < -0.4 is 9.47 Å². The molecule has 8 nitrogen and oxygen atoms in total. The fraction of sp³-hybridized carbons (Fsp3) is 0.350. The second-order valence-electron chi connectivity index (χ2n) is 6.93. The molecule has 1 amide bonds. The van der Waals surface area contributed by atoms with E-state index in [1.54, 1.807) is 28.9 Å². The van der Waals surface area contributed by atoms with Gasteiger partial charge in [0.1, 0.15) is 18.1 Å². The van der Waals surface area contributed by atoms with Gasteiger partial charge in [0.25, 0.3) is 5.91 Å². The van der Waals surface area contributed by atoms with Crippen molar-refractivity contribution in [3.8, 4) is 11.5 Å². The minimum Gasteiger partial charge on any atom is -0.486 e. The zero-order valence-corrected chi connectivity index (χ0v) is 16.2. The van der Waals surface area contributed by atoms with Crippen molar-refractivity contribution >= 4 is 5.91 Å². The van der Waals surface area contributed by atoms with Crippen molar-refractivity contribution in [3.63, 3.8) is 0 Å². The standard InChI is InChI=1S/C20H23N5O3/c1-14-10-16(24(3)22-14)20(26)25(12-19-21-8-9-23(19)2)11-15-13-27-17-6-4-5-7-18(17)28-15/h4-10,15H,11-13H2,1-3H3/t15-/m1/s1. The van der Waals surface area contributed by atoms with E-state index in [9.17, 15) is 4.79 Å². The van der Waals surface area contributed by atoms with Gasteiger partial charge in [0.15, 0.2) is 17.6 Å². The number of hydrogen-bond donors (Lipinski definition) is 0. The summed E-state index contributed by atoms with van der Waals surface area (Å²) in [6.07, 6.45) is 3.32. The molecule has 0 aliphatic carbocycles. The van der Waals surface area contributed by atoms with Crippen molar-refractivity contribution in [3.05, 3.63) is 59.9 Å². The Balaban J connectivity index is 1.57. The summed E-state index contributed by atoms with van der Waals surface area (Å²) >= 11 is 0. The lowest BCUT2D eigenvalue weighted by molar-refractivity contribution is 0.0430. The molecule has 0 unspecified atom stereocenters. The number of para-hydroxylation sites is 2. The summed E-state index contributed by atoms with van der Waals surface area (Å²) in [5.41, 5.74) is 1.33. The quantitative estimate of drug-likeness (QED) is 0.675. The Kier molecular flexibility index (Phi) is 4.77. The minimum atomic E-state index is -0.270. The lowest BCUT2D eigenvalue weighted by Crippen LogP contribution is -2.44. The van der Waals surface area contributed by atoms with Crippen LogP contribution in [-0.4, -0.2) is 49.4 Å². The van der Waals surface area contributed by atoms with Gasteiger partial charge in [-0.05, 0) is 25.1 Å². The third-order valence-corrected chi connectivity index (χ3v) is 4.75. The lowest BCUT2D eigenvalue weighted by Gasteiger charge is -2.31. The number of imidazole rings is 1. The number of carbonyl (C=O) groups is 1. The number of amides is 1. The predicted octanol–water partition coefficient (Wildman–Crippen LogP) is 1.94. The summed E-state index contributed by atoms with van der Waals surface area (Å²) in [7, 11) is 3.69. The van der Waals surface area contributed by atoms with Crippen LogP contribution in [-0.2, 0) is 20.6 Å². The number of benzene rings is 1. The molecule has 1 atom stereocenters. The molecule has 1 aromatic carbocycles. The zero-order chi connectivity index (χ0) is 19.7. The van der Waals surface area contributed by atoms with Gasteiger partial charge >= 0.3 is 0 Å². The first-order chi connectivity index (χ1) is 13.5. The number of carbonyl (C=O) groups excluding carboxylic acids is 1. The van der Waals surface area contributed by atoms with Crippen molar-refractivity contribution in [1.82, 2.24) is 24.2 Å². The number of rotatable bonds is 5. The van der Waals surface area contributed by atoms with Crippen LogP contribution >= 0.6 is 0 Å². The van der Waals surface area contributed by atoms with Crippen LogP contribution in [0.25, 0.3) is 0 Å². The molecule has 28 heavy (non-hydrogen) atoms. The van der Waals surface area contributed by atoms with Crippen molar-refractivity contribution < 1.29 is 14.3 Å². The maximum Gasteiger partial charge on any atom is 0.272 e. The summed E-state index contributed by atoms with van der Waals surface area (Å²) in [5.74, 6) is 2.10. The first-order valence-corrected chi connectivity index (χ1v) is 9.16. The topological polar surface area (TPSA) is 74.4 Å². The molecule has 3 heterocycles. The van der Waals surface area contributed by atoms with Crippen molar-refractivity contribution in [2.24, 2.45) is 14.1 Å². The number of ether oxygens (including phenoxy) is 2. The van der Waals surface area contributed by atoms with E-state index in [0.29, 0.717) is 31.1 Å². The minimum absolute atomic E-state index is 0.117. The highest BCUT2D eigenvalue weighted by Crippen LogP contribution is 2.31. The second-order valence-corrected chi connectivity index (χ2v) is 6.93. The van der Waals surface area contributed by atoms with Gasteiger partial charge in [0.2, 0.25) is 0 Å². The van der Waals surface area contributed by atoms with Crippen LogP contribution in [0.4, 0.5) is 0 Å². The Hall–Kier alpha value is -3.29. The van der Waals surface area contributed by atoms with Gasteiger partial charge in [0, 0.05) is 26.5 Å². The van der Waals surface area contributed by atoms with Gasteiger partial charge in [-0.1, -0.05) is 12.1 Å². The summed E-state index contributed by atoms with van der Waals surface area (Å²) < 4.78 is 15.4. The van der Waals surface area contributed by atoms with Crippen LogP contribution in [0.15, 0.2) is 42.7 Å². The summed E-state index contributed by atoms with van der Waals surface area (Å²) in [6.45, 7) is 3.00. The number of aromatic nitrogens is 4. The molecule has 0 N–H and O–H groups in total. The van der Waals surface area contributed by atoms with Crippen LogP contribution in [0, 0.1) is 6.92 Å². The monoisotopic (exact) mass is 381 g/mol. The summed E-state index contributed by atoms with van der Waals surface area (Å²) in [5, 5.41) is 4.30. The van der Waals surface area contributed by atoms with Crippen molar-refractivity contribution in [2.45, 2.75) is 19.6 Å². The molecule has 0 radical (unpaired) electrons. The molecular formula is C20H23N5O3. The Morgan fingerprint density at radius 1 is 1.29 bits per heavy atom. The van der Waals surface area contributed by atoms with Crippen LogP contribution in [0.1, 0.15) is 22.0 Å². The second kappa shape index (κ2) is 7.38. The van der Waals surface area contributed by atoms with Gasteiger partial charge in [-0.2, -0.15) is 5.10 Å². The molecule has 0 saturated carbocycles. The maximum absolute atomic E-state index is 13.3. The number of hydrogen-bond acceptors (Lipinski definition) is 5. The van der Waals surface area contributed by atoms with E-state index >= 15 is 0 Å². The highest BCUT2D eigenvalue weighted by atomic mass is 16.6. The molecule has 1 aliphatic heterocycles. The summed E-state index contributed by atoms with van der Waals surface area (Å²) in [4.78, 5) is 19.4. The van der Waals surface area contributed by atoms with E-state index in [0.717, 1.165) is 17.3 Å². The molecule has 8 heteroatoms. The molecule has 0 spiro atoms. The molecule has 4 rings (SSSR count). The van der Waals surface area contributed by atoms with Gasteiger partial charge < -0.3 is 18.9 Å². The van der Waals surface area contributed by atoms with Crippen LogP contribution in [0.3, 0.4) is 0 Å². The van der Waals surface area contributed by atoms with Crippen molar-refractivity contribution in [2.75, 3.05) is 13.2 Å². The van der Waals surface area contributed by atoms with E-state index in [-0.39, 0.29) is 12.0 Å². The molecular weight excluding hydrogens is 358 g/mol. The number of fused-ring (bicyclic) bond motifs is 1. The third kappa shape index (κ3) is 3.58. The fourth-order valence-corrected chi connectivity index (χ4v) is 3.31. The van der Waals surface area contributed by atoms with E-state index in [4.69, 9.17) is 9.47 Å². The zero-order valence-electron chi connectivity index (χ0n) is 16.2. The number of nitrogens with zero attached hydrogens (tertiary/aromatic N) is 5. The molecule has 3 aromatic rings. The maximum atomic E-state index is 13.3. The van der Waals surface area contributed by atoms with Gasteiger partial charge in [-0.25, -0.2) is 4.98 Å². The summed E-state index contributed by atoms with van der Waals surface area (Å²) in [6, 6.07) is 9.35. The molecule has 2 aromatic heterocycles. The third-order valence-electron chi connectivity index (χ3n) is 4.75. The van der Waals surface area contributed by atoms with Gasteiger partial charge in [-0.15, -0.1) is 0 Å². The molecule has 1 aliphatic rings. The highest BCUT2D eigenvalue weighted by Gasteiger charge is 2.28. The smallest absolute Gasteiger partial charge is 0.272 e. The molecule has 146 valence electrons. The molecule has 0 saturated heterocycles. The highest BCUT2D eigenvalue weighted by molar-refractivity contribution is 5.92. The Labute approximate surface area is 163 Å². The average molecular weight is 381 g/mol. The van der Waals surface area contributed by atoms with Crippen LogP contribution in [0.5, 0.6) is 11.5 Å². The van der Waals surface area contributed by atoms with Gasteiger partial charge in [-0.3, -0.25) is 9.48 Å². The average Bonchev–Trinajstić information content (AvgIpc) is 3.24. The van der Waals surface area contributed by atoms with E-state index in [1.165, 1.54) is 0 Å². The normalized spacial score (nSPS) is 15.5. The van der Waals surface area contributed by atoms with E-state index < -0.39 is 0 Å². The van der Waals surface area contributed by atoms with Gasteiger partial charge in [0.05, 0.1) is 18.8 Å². The Bertz CT molecular complexity index is 993. The number of aryl methyl sites for hydroxylation is 3. The first-order valence-electron chi connectivity index (χ1n) is 9.16. The van der Waals surface area contributed by atoms with E-state index in [2.05, 4.69) is 10.1 Å². The molecule has 0 fully saturated rings. The van der Waals surface area contributed by atoms with E-state index in [1.807, 2.05) is 49.0 Å². The SMILES string of the molecule is Cc1cc(C(=O)N(Cc2nccn2C)C[C@@H]2COc3ccccc3O2)n(C)n1. The fourth-order valence-electron chi connectivity index (χ4n) is 3.31. The Morgan fingerprint density at radius 3 is 2.75 bits per heavy atom.